The van der Waals surface area contributed by atoms with Crippen molar-refractivity contribution in [2.75, 3.05) is 19.6 Å². The Kier molecular flexibility index (Phi) is 5.56. The molecule has 0 spiro atoms. The molecule has 1 aliphatic carbocycles. The molecule has 2 amide bonds. The summed E-state index contributed by atoms with van der Waals surface area (Å²) in [6, 6.07) is 4.12. The largest absolute Gasteiger partial charge is 0.355 e. The van der Waals surface area contributed by atoms with Gasteiger partial charge in [0.1, 0.15) is 0 Å². The van der Waals surface area contributed by atoms with Crippen LogP contribution in [-0.2, 0) is 16.0 Å². The molecule has 1 saturated heterocycles. The maximum Gasteiger partial charge on any atom is 0.242 e. The minimum atomic E-state index is -0.643. The zero-order valence-corrected chi connectivity index (χ0v) is 14.9. The van der Waals surface area contributed by atoms with Crippen molar-refractivity contribution < 1.29 is 9.59 Å². The normalized spacial score (nSPS) is 21.0. The number of hydrogen-bond acceptors (Lipinski definition) is 4. The van der Waals surface area contributed by atoms with Gasteiger partial charge in [0, 0.05) is 30.4 Å². The lowest BCUT2D eigenvalue weighted by atomic mass is 9.92. The molecule has 132 valence electrons. The number of nitrogens with zero attached hydrogens (tertiary/aromatic N) is 1. The number of thiophene rings is 1. The Morgan fingerprint density at radius 2 is 2.00 bits per heavy atom. The molecular weight excluding hydrogens is 322 g/mol. The van der Waals surface area contributed by atoms with Gasteiger partial charge in [-0.25, -0.2) is 0 Å². The highest BCUT2D eigenvalue weighted by Crippen LogP contribution is 2.30. The fraction of sp³-hybridized carbons (Fsp3) is 0.667. The predicted octanol–water partition coefficient (Wildman–Crippen LogP) is 1.92. The molecule has 3 rings (SSSR count). The van der Waals surface area contributed by atoms with Crippen molar-refractivity contribution in [2.24, 2.45) is 11.7 Å². The minimum Gasteiger partial charge on any atom is -0.355 e. The van der Waals surface area contributed by atoms with E-state index in [4.69, 9.17) is 5.73 Å². The van der Waals surface area contributed by atoms with Crippen LogP contribution in [0.15, 0.2) is 17.5 Å². The van der Waals surface area contributed by atoms with Crippen LogP contribution in [0, 0.1) is 5.92 Å². The SMILES string of the molecule is NC1(C(=O)N2CCC(C(=O)NCCc3cccs3)CC2)CCCC1. The molecule has 1 aromatic heterocycles. The van der Waals surface area contributed by atoms with E-state index in [1.54, 1.807) is 11.3 Å². The van der Waals surface area contributed by atoms with Gasteiger partial charge in [-0.05, 0) is 43.6 Å². The Morgan fingerprint density at radius 1 is 1.29 bits per heavy atom. The molecule has 5 nitrogen and oxygen atoms in total. The number of piperidine rings is 1. The summed E-state index contributed by atoms with van der Waals surface area (Å²) in [5.41, 5.74) is 5.63. The first-order chi connectivity index (χ1) is 11.6. The van der Waals surface area contributed by atoms with Gasteiger partial charge in [-0.1, -0.05) is 18.9 Å². The second kappa shape index (κ2) is 7.66. The lowest BCUT2D eigenvalue weighted by molar-refractivity contribution is -0.140. The summed E-state index contributed by atoms with van der Waals surface area (Å²) in [4.78, 5) is 28.1. The number of hydrogen-bond donors (Lipinski definition) is 2. The maximum absolute atomic E-state index is 12.6. The smallest absolute Gasteiger partial charge is 0.242 e. The quantitative estimate of drug-likeness (QED) is 0.853. The van der Waals surface area contributed by atoms with Crippen molar-refractivity contribution >= 4 is 23.2 Å². The molecule has 0 radical (unpaired) electrons. The lowest BCUT2D eigenvalue weighted by Gasteiger charge is -2.36. The van der Waals surface area contributed by atoms with Gasteiger partial charge in [0.15, 0.2) is 0 Å². The summed E-state index contributed by atoms with van der Waals surface area (Å²) in [5.74, 6) is 0.244. The third-order valence-corrected chi connectivity index (χ3v) is 6.26. The molecule has 0 unspecified atom stereocenters. The maximum atomic E-state index is 12.6. The van der Waals surface area contributed by atoms with Crippen LogP contribution in [0.1, 0.15) is 43.4 Å². The fourth-order valence-corrected chi connectivity index (χ4v) is 4.50. The van der Waals surface area contributed by atoms with Crippen LogP contribution >= 0.6 is 11.3 Å². The van der Waals surface area contributed by atoms with Crippen LogP contribution in [-0.4, -0.2) is 41.9 Å². The minimum absolute atomic E-state index is 0.0229. The number of rotatable bonds is 5. The van der Waals surface area contributed by atoms with Gasteiger partial charge < -0.3 is 16.0 Å². The van der Waals surface area contributed by atoms with Crippen LogP contribution in [0.3, 0.4) is 0 Å². The summed E-state index contributed by atoms with van der Waals surface area (Å²) >= 11 is 1.72. The zero-order chi connectivity index (χ0) is 17.0. The zero-order valence-electron chi connectivity index (χ0n) is 14.1. The molecule has 2 fully saturated rings. The molecule has 2 heterocycles. The molecule has 0 aromatic carbocycles. The topological polar surface area (TPSA) is 75.4 Å². The van der Waals surface area contributed by atoms with E-state index in [-0.39, 0.29) is 17.7 Å². The van der Waals surface area contributed by atoms with E-state index in [0.717, 1.165) is 44.9 Å². The monoisotopic (exact) mass is 349 g/mol. The Balaban J connectivity index is 1.41. The second-order valence-corrected chi connectivity index (χ2v) is 8.08. The summed E-state index contributed by atoms with van der Waals surface area (Å²) < 4.78 is 0. The summed E-state index contributed by atoms with van der Waals surface area (Å²) in [7, 11) is 0. The van der Waals surface area contributed by atoms with E-state index in [1.807, 2.05) is 11.0 Å². The number of nitrogens with one attached hydrogen (secondary N) is 1. The number of carbonyl (C=O) groups is 2. The van der Waals surface area contributed by atoms with Crippen molar-refractivity contribution in [2.45, 2.75) is 50.5 Å². The van der Waals surface area contributed by atoms with Gasteiger partial charge >= 0.3 is 0 Å². The van der Waals surface area contributed by atoms with Crippen LogP contribution in [0.5, 0.6) is 0 Å². The third kappa shape index (κ3) is 3.98. The van der Waals surface area contributed by atoms with Gasteiger partial charge in [-0.2, -0.15) is 0 Å². The summed E-state index contributed by atoms with van der Waals surface area (Å²) in [6.07, 6.45) is 6.07. The highest BCUT2D eigenvalue weighted by atomic mass is 32.1. The molecule has 0 bridgehead atoms. The van der Waals surface area contributed by atoms with E-state index in [9.17, 15) is 9.59 Å². The van der Waals surface area contributed by atoms with E-state index >= 15 is 0 Å². The second-order valence-electron chi connectivity index (χ2n) is 7.05. The standard InChI is InChI=1S/C18H27N3O2S/c19-18(8-1-2-9-18)17(23)21-11-6-14(7-12-21)16(22)20-10-5-15-4-3-13-24-15/h3-4,13-14H,1-2,5-12,19H2,(H,20,22). The summed E-state index contributed by atoms with van der Waals surface area (Å²) in [5, 5.41) is 5.09. The molecule has 2 aliphatic rings. The number of carbonyl (C=O) groups excluding carboxylic acids is 2. The predicted molar refractivity (Wildman–Crippen MR) is 95.7 cm³/mol. The average Bonchev–Trinajstić information content (AvgIpc) is 3.27. The van der Waals surface area contributed by atoms with Gasteiger partial charge in [0.25, 0.3) is 0 Å². The first-order valence-corrected chi connectivity index (χ1v) is 9.85. The van der Waals surface area contributed by atoms with Gasteiger partial charge in [0.05, 0.1) is 5.54 Å². The van der Waals surface area contributed by atoms with Crippen LogP contribution in [0.2, 0.25) is 0 Å². The van der Waals surface area contributed by atoms with Crippen molar-refractivity contribution in [1.82, 2.24) is 10.2 Å². The number of likely N-dealkylation sites (tertiary alicyclic amines) is 1. The highest BCUT2D eigenvalue weighted by Gasteiger charge is 2.41. The van der Waals surface area contributed by atoms with Crippen molar-refractivity contribution in [3.63, 3.8) is 0 Å². The Bertz CT molecular complexity index is 559. The molecule has 1 aromatic rings. The van der Waals surface area contributed by atoms with Gasteiger partial charge in [-0.3, -0.25) is 9.59 Å². The Morgan fingerprint density at radius 3 is 2.62 bits per heavy atom. The molecule has 0 atom stereocenters. The lowest BCUT2D eigenvalue weighted by Crippen LogP contribution is -2.55. The first kappa shape index (κ1) is 17.4. The van der Waals surface area contributed by atoms with Crippen LogP contribution in [0.4, 0.5) is 0 Å². The fourth-order valence-electron chi connectivity index (χ4n) is 3.79. The van der Waals surface area contributed by atoms with E-state index in [2.05, 4.69) is 16.8 Å². The Labute approximate surface area is 147 Å². The van der Waals surface area contributed by atoms with Crippen molar-refractivity contribution in [3.05, 3.63) is 22.4 Å². The highest BCUT2D eigenvalue weighted by molar-refractivity contribution is 7.09. The molecule has 6 heteroatoms. The third-order valence-electron chi connectivity index (χ3n) is 5.33. The van der Waals surface area contributed by atoms with E-state index in [0.29, 0.717) is 19.6 Å². The van der Waals surface area contributed by atoms with Crippen molar-refractivity contribution in [1.29, 1.82) is 0 Å². The van der Waals surface area contributed by atoms with E-state index < -0.39 is 5.54 Å². The van der Waals surface area contributed by atoms with Gasteiger partial charge in [-0.15, -0.1) is 11.3 Å². The number of nitrogens with two attached hydrogens (primary N) is 1. The Hall–Kier alpha value is -1.40. The molecule has 24 heavy (non-hydrogen) atoms. The molecule has 1 aliphatic heterocycles. The number of amides is 2. The first-order valence-electron chi connectivity index (χ1n) is 8.97. The van der Waals surface area contributed by atoms with Crippen LogP contribution in [0.25, 0.3) is 0 Å². The van der Waals surface area contributed by atoms with Crippen LogP contribution < -0.4 is 11.1 Å². The van der Waals surface area contributed by atoms with Crippen molar-refractivity contribution in [3.8, 4) is 0 Å². The van der Waals surface area contributed by atoms with E-state index in [1.165, 1.54) is 4.88 Å². The average molecular weight is 350 g/mol. The summed E-state index contributed by atoms with van der Waals surface area (Å²) in [6.45, 7) is 1.99. The van der Waals surface area contributed by atoms with Gasteiger partial charge in [0.2, 0.25) is 11.8 Å². The molecular formula is C18H27N3O2S. The molecule has 1 saturated carbocycles. The molecule has 3 N–H and O–H groups in total.